The SMILES string of the molecule is Cc1cc(C(=O)Oc2ccc3c(c2)CCC3)ccc1N1C(=N)CSC1c1ccc(F)cc1. The Labute approximate surface area is 190 Å². The molecule has 162 valence electrons. The van der Waals surface area contributed by atoms with Gasteiger partial charge in [0.05, 0.1) is 11.3 Å². The Morgan fingerprint density at radius 3 is 2.62 bits per heavy atom. The summed E-state index contributed by atoms with van der Waals surface area (Å²) in [6.07, 6.45) is 3.27. The summed E-state index contributed by atoms with van der Waals surface area (Å²) >= 11 is 1.63. The summed E-state index contributed by atoms with van der Waals surface area (Å²) in [6.45, 7) is 1.93. The first-order valence-corrected chi connectivity index (χ1v) is 11.7. The molecule has 1 aliphatic heterocycles. The number of anilines is 1. The number of aryl methyl sites for hydroxylation is 3. The quantitative estimate of drug-likeness (QED) is 0.390. The number of rotatable bonds is 4. The number of thioether (sulfide) groups is 1. The third-order valence-corrected chi connectivity index (χ3v) is 7.27. The third kappa shape index (κ3) is 3.91. The van der Waals surface area contributed by atoms with Crippen molar-refractivity contribution in [2.24, 2.45) is 0 Å². The van der Waals surface area contributed by atoms with Crippen molar-refractivity contribution >= 4 is 29.3 Å². The van der Waals surface area contributed by atoms with Gasteiger partial charge in [-0.2, -0.15) is 0 Å². The van der Waals surface area contributed by atoms with Crippen LogP contribution in [0.25, 0.3) is 0 Å². The van der Waals surface area contributed by atoms with Crippen LogP contribution in [0.5, 0.6) is 5.75 Å². The summed E-state index contributed by atoms with van der Waals surface area (Å²) in [7, 11) is 0. The van der Waals surface area contributed by atoms with Crippen LogP contribution in [0.4, 0.5) is 10.1 Å². The first-order chi connectivity index (χ1) is 15.5. The molecule has 0 amide bonds. The van der Waals surface area contributed by atoms with E-state index in [1.165, 1.54) is 23.3 Å². The number of esters is 1. The summed E-state index contributed by atoms with van der Waals surface area (Å²) in [5.74, 6) is 0.968. The van der Waals surface area contributed by atoms with Gasteiger partial charge < -0.3 is 9.64 Å². The van der Waals surface area contributed by atoms with Crippen LogP contribution in [0.2, 0.25) is 0 Å². The number of nitrogens with one attached hydrogen (secondary N) is 1. The van der Waals surface area contributed by atoms with Crippen LogP contribution in [0, 0.1) is 18.2 Å². The largest absolute Gasteiger partial charge is 0.423 e. The highest BCUT2D eigenvalue weighted by molar-refractivity contribution is 8.00. The van der Waals surface area contributed by atoms with E-state index in [1.807, 2.05) is 42.2 Å². The second-order valence-electron chi connectivity index (χ2n) is 8.21. The Morgan fingerprint density at radius 2 is 1.84 bits per heavy atom. The Morgan fingerprint density at radius 1 is 1.06 bits per heavy atom. The number of fused-ring (bicyclic) bond motifs is 1. The molecule has 1 atom stereocenters. The Balaban J connectivity index is 1.38. The molecule has 1 fully saturated rings. The van der Waals surface area contributed by atoms with Gasteiger partial charge in [-0.25, -0.2) is 9.18 Å². The summed E-state index contributed by atoms with van der Waals surface area (Å²) in [4.78, 5) is 14.7. The molecule has 1 heterocycles. The number of benzene rings is 3. The van der Waals surface area contributed by atoms with Gasteiger partial charge in [-0.15, -0.1) is 11.8 Å². The molecule has 0 radical (unpaired) electrons. The molecule has 3 aromatic carbocycles. The molecular weight excluding hydrogens is 423 g/mol. The molecule has 0 bridgehead atoms. The number of hydrogen-bond acceptors (Lipinski definition) is 4. The normalized spacial score (nSPS) is 17.5. The number of hydrogen-bond donors (Lipinski definition) is 1. The van der Waals surface area contributed by atoms with Crippen molar-refractivity contribution in [2.75, 3.05) is 10.7 Å². The standard InChI is InChI=1S/C26H23FN2O2S/c1-16-13-20(26(30)31-22-11-7-17-3-2-4-19(17)14-22)8-12-23(16)29-24(28)15-32-25(29)18-5-9-21(27)10-6-18/h5-14,25,28H,2-4,15H2,1H3. The van der Waals surface area contributed by atoms with Crippen LogP contribution in [0.3, 0.4) is 0 Å². The van der Waals surface area contributed by atoms with Gasteiger partial charge in [0, 0.05) is 5.69 Å². The topological polar surface area (TPSA) is 53.4 Å². The molecule has 0 spiro atoms. The molecule has 1 aliphatic carbocycles. The summed E-state index contributed by atoms with van der Waals surface area (Å²) < 4.78 is 19.0. The lowest BCUT2D eigenvalue weighted by Crippen LogP contribution is -2.28. The molecule has 6 heteroatoms. The van der Waals surface area contributed by atoms with Crippen molar-refractivity contribution in [3.8, 4) is 5.75 Å². The van der Waals surface area contributed by atoms with Crippen molar-refractivity contribution in [2.45, 2.75) is 31.6 Å². The van der Waals surface area contributed by atoms with Gasteiger partial charge in [0.1, 0.15) is 22.8 Å². The highest BCUT2D eigenvalue weighted by Crippen LogP contribution is 2.43. The van der Waals surface area contributed by atoms with Gasteiger partial charge in [-0.3, -0.25) is 5.41 Å². The molecule has 0 saturated carbocycles. The maximum Gasteiger partial charge on any atom is 0.343 e. The minimum atomic E-state index is -0.390. The zero-order valence-corrected chi connectivity index (χ0v) is 18.5. The predicted octanol–water partition coefficient (Wildman–Crippen LogP) is 6.07. The molecular formula is C26H23FN2O2S. The van der Waals surface area contributed by atoms with E-state index < -0.39 is 5.97 Å². The van der Waals surface area contributed by atoms with E-state index in [1.54, 1.807) is 30.0 Å². The first kappa shape index (κ1) is 20.8. The average molecular weight is 447 g/mol. The van der Waals surface area contributed by atoms with Crippen molar-refractivity contribution < 1.29 is 13.9 Å². The molecule has 1 N–H and O–H groups in total. The lowest BCUT2D eigenvalue weighted by Gasteiger charge is -2.27. The minimum Gasteiger partial charge on any atom is -0.423 e. The van der Waals surface area contributed by atoms with Crippen LogP contribution >= 0.6 is 11.8 Å². The molecule has 4 nitrogen and oxygen atoms in total. The maximum absolute atomic E-state index is 13.4. The monoisotopic (exact) mass is 446 g/mol. The molecule has 5 rings (SSSR count). The summed E-state index contributed by atoms with van der Waals surface area (Å²) in [5, 5.41) is 8.34. The van der Waals surface area contributed by atoms with Crippen molar-refractivity contribution in [3.63, 3.8) is 0 Å². The van der Waals surface area contributed by atoms with E-state index in [-0.39, 0.29) is 11.2 Å². The summed E-state index contributed by atoms with van der Waals surface area (Å²) in [6, 6.07) is 17.7. The number of amidine groups is 1. The fourth-order valence-electron chi connectivity index (χ4n) is 4.42. The smallest absolute Gasteiger partial charge is 0.343 e. The zero-order chi connectivity index (χ0) is 22.2. The van der Waals surface area contributed by atoms with Crippen LogP contribution in [-0.2, 0) is 12.8 Å². The van der Waals surface area contributed by atoms with E-state index in [4.69, 9.17) is 10.1 Å². The molecule has 2 aliphatic rings. The lowest BCUT2D eigenvalue weighted by atomic mass is 10.1. The molecule has 1 saturated heterocycles. The zero-order valence-electron chi connectivity index (χ0n) is 17.7. The number of halogens is 1. The van der Waals surface area contributed by atoms with Gasteiger partial charge in [0.15, 0.2) is 0 Å². The number of carbonyl (C=O) groups excluding carboxylic acids is 1. The summed E-state index contributed by atoms with van der Waals surface area (Å²) in [5.41, 5.74) is 5.77. The second-order valence-corrected chi connectivity index (χ2v) is 9.27. The van der Waals surface area contributed by atoms with Gasteiger partial charge in [-0.1, -0.05) is 18.2 Å². The van der Waals surface area contributed by atoms with Crippen LogP contribution in [-0.4, -0.2) is 17.6 Å². The maximum atomic E-state index is 13.4. The predicted molar refractivity (Wildman–Crippen MR) is 126 cm³/mol. The number of nitrogens with zero attached hydrogens (tertiary/aromatic N) is 1. The second kappa shape index (κ2) is 8.43. The fourth-order valence-corrected chi connectivity index (χ4v) is 5.61. The van der Waals surface area contributed by atoms with Gasteiger partial charge >= 0.3 is 5.97 Å². The molecule has 0 aromatic heterocycles. The number of ether oxygens (including phenoxy) is 1. The van der Waals surface area contributed by atoms with Crippen LogP contribution in [0.1, 0.15) is 44.4 Å². The highest BCUT2D eigenvalue weighted by Gasteiger charge is 2.32. The lowest BCUT2D eigenvalue weighted by molar-refractivity contribution is 0.0734. The minimum absolute atomic E-state index is 0.106. The Bertz CT molecular complexity index is 1210. The van der Waals surface area contributed by atoms with Crippen molar-refractivity contribution in [1.29, 1.82) is 5.41 Å². The van der Waals surface area contributed by atoms with Gasteiger partial charge in [0.2, 0.25) is 0 Å². The van der Waals surface area contributed by atoms with Crippen molar-refractivity contribution in [3.05, 3.63) is 94.3 Å². The number of carbonyl (C=O) groups is 1. The van der Waals surface area contributed by atoms with Crippen LogP contribution < -0.4 is 9.64 Å². The van der Waals surface area contributed by atoms with E-state index in [0.29, 0.717) is 22.9 Å². The van der Waals surface area contributed by atoms with E-state index in [0.717, 1.165) is 36.1 Å². The van der Waals surface area contributed by atoms with Crippen LogP contribution in [0.15, 0.2) is 60.7 Å². The van der Waals surface area contributed by atoms with E-state index in [2.05, 4.69) is 0 Å². The third-order valence-electron chi connectivity index (χ3n) is 6.03. The van der Waals surface area contributed by atoms with Gasteiger partial charge in [-0.05, 0) is 90.9 Å². The fraction of sp³-hybridized carbons (Fsp3) is 0.231. The van der Waals surface area contributed by atoms with Crippen molar-refractivity contribution in [1.82, 2.24) is 0 Å². The highest BCUT2D eigenvalue weighted by atomic mass is 32.2. The van der Waals surface area contributed by atoms with Gasteiger partial charge in [0.25, 0.3) is 0 Å². The molecule has 1 unspecified atom stereocenters. The Hall–Kier alpha value is -3.12. The van der Waals surface area contributed by atoms with E-state index in [9.17, 15) is 9.18 Å². The van der Waals surface area contributed by atoms with E-state index >= 15 is 0 Å². The first-order valence-electron chi connectivity index (χ1n) is 10.7. The molecule has 32 heavy (non-hydrogen) atoms. The average Bonchev–Trinajstić information content (AvgIpc) is 3.40. The Kier molecular flexibility index (Phi) is 5.47. The molecule has 3 aromatic rings.